The Bertz CT molecular complexity index is 1180. The summed E-state index contributed by atoms with van der Waals surface area (Å²) in [6.45, 7) is 0.599. The van der Waals surface area contributed by atoms with Gasteiger partial charge in [0.15, 0.2) is 11.6 Å². The molecule has 0 atom stereocenters. The average Bonchev–Trinajstić information content (AvgIpc) is 2.91. The molecule has 0 aromatic heterocycles. The fourth-order valence-corrected chi connectivity index (χ4v) is 3.92. The van der Waals surface area contributed by atoms with Crippen molar-refractivity contribution in [3.63, 3.8) is 0 Å². The van der Waals surface area contributed by atoms with E-state index in [1.54, 1.807) is 19.1 Å². The minimum Gasteiger partial charge on any atom is -0.491 e. The maximum atomic E-state index is 14.8. The molecular weight excluding hydrogens is 487 g/mol. The lowest BCUT2D eigenvalue weighted by atomic mass is 10.0. The maximum Gasteiger partial charge on any atom is 0.201 e. The Morgan fingerprint density at radius 1 is 0.838 bits per heavy atom. The summed E-state index contributed by atoms with van der Waals surface area (Å²) in [5, 5.41) is 0. The summed E-state index contributed by atoms with van der Waals surface area (Å²) < 4.78 is 78.3. The minimum absolute atomic E-state index is 0.00330. The number of alkyl halides is 1. The molecule has 0 unspecified atom stereocenters. The van der Waals surface area contributed by atoms with Crippen molar-refractivity contribution in [2.45, 2.75) is 52.1 Å². The number of hydrogen-bond acceptors (Lipinski definition) is 2. The van der Waals surface area contributed by atoms with Crippen LogP contribution in [0.15, 0.2) is 66.5 Å². The highest BCUT2D eigenvalue weighted by Gasteiger charge is 2.15. The van der Waals surface area contributed by atoms with Crippen LogP contribution in [0.25, 0.3) is 11.1 Å². The van der Waals surface area contributed by atoms with Crippen molar-refractivity contribution < 1.29 is 31.4 Å². The monoisotopic (exact) mass is 518 g/mol. The molecule has 0 aliphatic rings. The zero-order valence-electron chi connectivity index (χ0n) is 20.8. The van der Waals surface area contributed by atoms with Gasteiger partial charge < -0.3 is 9.47 Å². The second-order valence-electron chi connectivity index (χ2n) is 8.65. The quantitative estimate of drug-likeness (QED) is 0.157. The van der Waals surface area contributed by atoms with Crippen molar-refractivity contribution in [2.24, 2.45) is 0 Å². The van der Waals surface area contributed by atoms with Crippen LogP contribution in [0.4, 0.5) is 22.0 Å². The van der Waals surface area contributed by atoms with Gasteiger partial charge in [-0.25, -0.2) is 17.6 Å². The number of hydrogen-bond donors (Lipinski definition) is 0. The van der Waals surface area contributed by atoms with Crippen molar-refractivity contribution in [1.82, 2.24) is 0 Å². The fraction of sp³-hybridized carbons (Fsp3) is 0.333. The van der Waals surface area contributed by atoms with Gasteiger partial charge in [0.25, 0.3) is 0 Å². The molecule has 0 fully saturated rings. The Balaban J connectivity index is 1.50. The molecule has 0 spiro atoms. The second-order valence-corrected chi connectivity index (χ2v) is 8.65. The molecule has 37 heavy (non-hydrogen) atoms. The largest absolute Gasteiger partial charge is 0.491 e. The van der Waals surface area contributed by atoms with Crippen molar-refractivity contribution >= 4 is 0 Å². The molecule has 0 radical (unpaired) electrons. The topological polar surface area (TPSA) is 18.5 Å². The molecule has 0 aliphatic carbocycles. The van der Waals surface area contributed by atoms with Crippen LogP contribution < -0.4 is 9.47 Å². The molecule has 3 rings (SSSR count). The third-order valence-corrected chi connectivity index (χ3v) is 5.94. The van der Waals surface area contributed by atoms with Crippen LogP contribution in [-0.4, -0.2) is 13.3 Å². The second kappa shape index (κ2) is 14.4. The zero-order valence-corrected chi connectivity index (χ0v) is 20.8. The first kappa shape index (κ1) is 28.2. The first-order chi connectivity index (χ1) is 17.9. The minimum atomic E-state index is -1.08. The van der Waals surface area contributed by atoms with Crippen LogP contribution in [-0.2, 0) is 13.0 Å². The number of aryl methyl sites for hydroxylation is 1. The normalized spacial score (nSPS) is 11.6. The Labute approximate surface area is 214 Å². The Morgan fingerprint density at radius 2 is 1.59 bits per heavy atom. The predicted octanol–water partition coefficient (Wildman–Crippen LogP) is 9.06. The Morgan fingerprint density at radius 3 is 2.30 bits per heavy atom. The summed E-state index contributed by atoms with van der Waals surface area (Å²) in [6, 6.07) is 14.8. The molecule has 0 amide bonds. The van der Waals surface area contributed by atoms with Gasteiger partial charge in [0.1, 0.15) is 30.7 Å². The third-order valence-electron chi connectivity index (χ3n) is 5.94. The van der Waals surface area contributed by atoms with Gasteiger partial charge in [-0.15, -0.1) is 0 Å². The van der Waals surface area contributed by atoms with Gasteiger partial charge in [-0.1, -0.05) is 43.2 Å². The molecule has 0 bridgehead atoms. The van der Waals surface area contributed by atoms with Gasteiger partial charge in [-0.2, -0.15) is 4.39 Å². The van der Waals surface area contributed by atoms with Gasteiger partial charge in [-0.05, 0) is 68.0 Å². The molecule has 198 valence electrons. The van der Waals surface area contributed by atoms with Gasteiger partial charge in [0, 0.05) is 17.2 Å². The average molecular weight is 519 g/mol. The van der Waals surface area contributed by atoms with E-state index in [0.717, 1.165) is 37.7 Å². The molecule has 7 heteroatoms. The summed E-state index contributed by atoms with van der Waals surface area (Å²) in [5.74, 6) is -3.27. The van der Waals surface area contributed by atoms with Gasteiger partial charge in [0.2, 0.25) is 5.82 Å². The van der Waals surface area contributed by atoms with Crippen LogP contribution in [0.5, 0.6) is 11.5 Å². The van der Waals surface area contributed by atoms with Crippen molar-refractivity contribution in [3.05, 3.63) is 95.1 Å². The van der Waals surface area contributed by atoms with E-state index in [1.165, 1.54) is 24.3 Å². The predicted molar refractivity (Wildman–Crippen MR) is 136 cm³/mol. The highest BCUT2D eigenvalue weighted by molar-refractivity contribution is 5.65. The van der Waals surface area contributed by atoms with E-state index in [2.05, 4.69) is 0 Å². The van der Waals surface area contributed by atoms with E-state index in [0.29, 0.717) is 17.5 Å². The van der Waals surface area contributed by atoms with Gasteiger partial charge in [-0.3, -0.25) is 0 Å². The molecule has 0 heterocycles. The lowest BCUT2D eigenvalue weighted by Gasteiger charge is -2.11. The molecular formula is C30H31F5O2. The van der Waals surface area contributed by atoms with E-state index in [9.17, 15) is 22.0 Å². The van der Waals surface area contributed by atoms with Crippen molar-refractivity contribution in [2.75, 3.05) is 13.3 Å². The molecule has 0 saturated carbocycles. The van der Waals surface area contributed by atoms with Gasteiger partial charge >= 0.3 is 0 Å². The Kier molecular flexibility index (Phi) is 11.0. The number of allylic oxidation sites excluding steroid dienone is 2. The molecule has 0 N–H and O–H groups in total. The van der Waals surface area contributed by atoms with Crippen LogP contribution in [0.1, 0.15) is 50.2 Å². The highest BCUT2D eigenvalue weighted by Crippen LogP contribution is 2.28. The van der Waals surface area contributed by atoms with E-state index in [4.69, 9.17) is 9.47 Å². The van der Waals surface area contributed by atoms with E-state index < -0.39 is 30.0 Å². The summed E-state index contributed by atoms with van der Waals surface area (Å²) >= 11 is 0. The smallest absolute Gasteiger partial charge is 0.201 e. The van der Waals surface area contributed by atoms with E-state index in [1.807, 2.05) is 24.3 Å². The zero-order chi connectivity index (χ0) is 26.6. The number of benzene rings is 3. The number of rotatable bonds is 14. The number of ether oxygens (including phenoxy) is 2. The standard InChI is InChI=1S/C30H31F5O2/c1-2-36-28-17-14-23(29(34)30(28)35)20-37-25-15-16-26(27(33)18-25)22-12-10-21(11-13-22)8-6-4-3-5-7-9-24(32)19-31/h9-18H,2-8,19-20H2,1H3/b24-9-. The summed E-state index contributed by atoms with van der Waals surface area (Å²) in [4.78, 5) is 0. The molecule has 3 aromatic rings. The number of unbranched alkanes of at least 4 members (excludes halogenated alkanes) is 4. The van der Waals surface area contributed by atoms with Crippen molar-refractivity contribution in [3.8, 4) is 22.6 Å². The highest BCUT2D eigenvalue weighted by atomic mass is 19.2. The third kappa shape index (κ3) is 8.34. The lowest BCUT2D eigenvalue weighted by molar-refractivity contribution is 0.288. The first-order valence-corrected chi connectivity index (χ1v) is 12.4. The maximum absolute atomic E-state index is 14.8. The van der Waals surface area contributed by atoms with Crippen LogP contribution in [0, 0.1) is 17.5 Å². The summed E-state index contributed by atoms with van der Waals surface area (Å²) in [5.41, 5.74) is 2.26. The molecule has 0 saturated heterocycles. The molecule has 0 aliphatic heterocycles. The summed E-state index contributed by atoms with van der Waals surface area (Å²) in [6.07, 6.45) is 6.50. The molecule has 2 nitrogen and oxygen atoms in total. The first-order valence-electron chi connectivity index (χ1n) is 12.4. The van der Waals surface area contributed by atoms with Crippen molar-refractivity contribution in [1.29, 1.82) is 0 Å². The van der Waals surface area contributed by atoms with E-state index >= 15 is 0 Å². The summed E-state index contributed by atoms with van der Waals surface area (Å²) in [7, 11) is 0. The van der Waals surface area contributed by atoms with E-state index in [-0.39, 0.29) is 30.3 Å². The van der Waals surface area contributed by atoms with Crippen LogP contribution in [0.3, 0.4) is 0 Å². The SMILES string of the molecule is CCOc1ccc(COc2ccc(-c3ccc(CCCCCC/C=C(\F)CF)cc3)c(F)c2)c(F)c1F. The van der Waals surface area contributed by atoms with Gasteiger partial charge in [0.05, 0.1) is 6.61 Å². The van der Waals surface area contributed by atoms with Crippen LogP contribution >= 0.6 is 0 Å². The number of halogens is 5. The molecule has 3 aromatic carbocycles. The Hall–Kier alpha value is -3.35. The lowest BCUT2D eigenvalue weighted by Crippen LogP contribution is -2.04. The fourth-order valence-electron chi connectivity index (χ4n) is 3.92. The van der Waals surface area contributed by atoms with Crippen LogP contribution in [0.2, 0.25) is 0 Å².